The van der Waals surface area contributed by atoms with Gasteiger partial charge in [0.1, 0.15) is 0 Å². The minimum atomic E-state index is -0.533. The number of rotatable bonds is 3. The Morgan fingerprint density at radius 2 is 1.33 bits per heavy atom. The Bertz CT molecular complexity index is 1780. The van der Waals surface area contributed by atoms with Crippen molar-refractivity contribution in [3.05, 3.63) is 74.3 Å². The molecule has 0 N–H and O–H groups in total. The molecule has 0 unspecified atom stereocenters. The van der Waals surface area contributed by atoms with Crippen molar-refractivity contribution < 1.29 is 24.1 Å². The number of ketones is 2. The van der Waals surface area contributed by atoms with Crippen LogP contribution in [0.1, 0.15) is 53.4 Å². The third-order valence-corrected chi connectivity index (χ3v) is 6.72. The molecule has 1 aliphatic rings. The zero-order valence-corrected chi connectivity index (χ0v) is 17.2. The summed E-state index contributed by atoms with van der Waals surface area (Å²) in [6.07, 6.45) is 0.989. The average Bonchev–Trinajstić information content (AvgIpc) is 2.80. The van der Waals surface area contributed by atoms with Gasteiger partial charge < -0.3 is 0 Å². The van der Waals surface area contributed by atoms with E-state index in [2.05, 4.69) is 0 Å². The van der Waals surface area contributed by atoms with Gasteiger partial charge >= 0.3 is 0 Å². The zero-order valence-electron chi connectivity index (χ0n) is 17.2. The van der Waals surface area contributed by atoms with E-state index in [0.717, 1.165) is 5.56 Å². The summed E-state index contributed by atoms with van der Waals surface area (Å²) in [5.74, 6) is -0.758. The predicted molar refractivity (Wildman–Crippen MR) is 123 cm³/mol. The van der Waals surface area contributed by atoms with Crippen LogP contribution in [0, 0.1) is 17.0 Å². The highest BCUT2D eigenvalue weighted by atomic mass is 16.6. The summed E-state index contributed by atoms with van der Waals surface area (Å²) in [7, 11) is 0. The lowest BCUT2D eigenvalue weighted by Gasteiger charge is -2.22. The maximum atomic E-state index is 12.8. The second-order valence-electron chi connectivity index (χ2n) is 8.35. The number of carbonyl (C=O) groups excluding carboxylic acids is 4. The molecule has 5 aromatic rings. The fourth-order valence-electron chi connectivity index (χ4n) is 5.46. The number of benzene rings is 5. The molecular weight excluding hydrogens is 422 g/mol. The smallest absolute Gasteiger partial charge is 0.278 e. The number of Topliss-reactive ketones (excluding diaryl/α,β-unsaturated/α-hetero) is 2. The van der Waals surface area contributed by atoms with Crippen molar-refractivity contribution in [3.8, 4) is 0 Å². The van der Waals surface area contributed by atoms with Gasteiger partial charge in [-0.25, -0.2) is 0 Å². The van der Waals surface area contributed by atoms with E-state index >= 15 is 0 Å². The summed E-state index contributed by atoms with van der Waals surface area (Å²) in [6, 6.07) is 9.51. The van der Waals surface area contributed by atoms with Gasteiger partial charge in [0, 0.05) is 44.5 Å². The van der Waals surface area contributed by atoms with E-state index in [0.29, 0.717) is 72.4 Å². The highest BCUT2D eigenvalue weighted by Crippen LogP contribution is 2.49. The summed E-state index contributed by atoms with van der Waals surface area (Å²) in [5.41, 5.74) is 1.63. The van der Waals surface area contributed by atoms with Gasteiger partial charge in [0.05, 0.1) is 16.7 Å². The van der Waals surface area contributed by atoms with E-state index in [-0.39, 0.29) is 23.5 Å². The van der Waals surface area contributed by atoms with Gasteiger partial charge in [-0.3, -0.25) is 29.3 Å². The molecule has 0 saturated heterocycles. The molecule has 0 aromatic heterocycles. The normalized spacial score (nSPS) is 13.5. The maximum Gasteiger partial charge on any atom is 0.278 e. The van der Waals surface area contributed by atoms with E-state index < -0.39 is 10.7 Å². The highest BCUT2D eigenvalue weighted by molar-refractivity contribution is 6.41. The monoisotopic (exact) mass is 435 g/mol. The molecule has 0 fully saturated rings. The summed E-state index contributed by atoms with van der Waals surface area (Å²) in [5, 5.41) is 16.2. The number of aryl methyl sites for hydroxylation is 1. The standard InChI is InChI=1S/C26H13NO6/c1-11-6-16-19(30)8-20(31)17-7-18(27(32)33)25-15-5-3-13(10-29)22-12(9-28)2-4-14(23(15)22)21(11)26(25)24(16)17/h2-7,9-10H,8H2,1H3. The Balaban J connectivity index is 2.08. The molecule has 6 rings (SSSR count). The molecule has 158 valence electrons. The van der Waals surface area contributed by atoms with Crippen LogP contribution < -0.4 is 0 Å². The average molecular weight is 435 g/mol. The van der Waals surface area contributed by atoms with Crippen molar-refractivity contribution in [1.82, 2.24) is 0 Å². The lowest BCUT2D eigenvalue weighted by Crippen LogP contribution is -2.17. The van der Waals surface area contributed by atoms with Crippen LogP contribution in [0.3, 0.4) is 0 Å². The number of carbonyl (C=O) groups is 4. The molecule has 0 radical (unpaired) electrons. The second kappa shape index (κ2) is 6.26. The number of nitro groups is 1. The van der Waals surface area contributed by atoms with Crippen LogP contribution in [0.4, 0.5) is 5.69 Å². The number of non-ortho nitro benzene ring substituents is 1. The first-order valence-corrected chi connectivity index (χ1v) is 10.2. The van der Waals surface area contributed by atoms with Crippen molar-refractivity contribution in [2.75, 3.05) is 0 Å². The Hall–Kier alpha value is -4.52. The van der Waals surface area contributed by atoms with Crippen LogP contribution in [-0.2, 0) is 0 Å². The highest BCUT2D eigenvalue weighted by Gasteiger charge is 2.33. The van der Waals surface area contributed by atoms with Crippen LogP contribution in [0.2, 0.25) is 0 Å². The Morgan fingerprint density at radius 3 is 1.91 bits per heavy atom. The van der Waals surface area contributed by atoms with Gasteiger partial charge in [0.2, 0.25) is 0 Å². The van der Waals surface area contributed by atoms with Gasteiger partial charge in [-0.15, -0.1) is 0 Å². The molecule has 7 heteroatoms. The van der Waals surface area contributed by atoms with Gasteiger partial charge in [-0.2, -0.15) is 0 Å². The zero-order chi connectivity index (χ0) is 23.2. The van der Waals surface area contributed by atoms with Crippen LogP contribution in [0.15, 0.2) is 36.4 Å². The molecule has 0 atom stereocenters. The molecule has 0 spiro atoms. The minimum Gasteiger partial charge on any atom is -0.298 e. The first kappa shape index (κ1) is 19.2. The summed E-state index contributed by atoms with van der Waals surface area (Å²) in [4.78, 5) is 60.8. The summed E-state index contributed by atoms with van der Waals surface area (Å²) in [6.45, 7) is 1.81. The van der Waals surface area contributed by atoms with Crippen molar-refractivity contribution in [3.63, 3.8) is 0 Å². The fourth-order valence-corrected chi connectivity index (χ4v) is 5.46. The molecule has 0 heterocycles. The summed E-state index contributed by atoms with van der Waals surface area (Å²) < 4.78 is 0. The number of hydrogen-bond acceptors (Lipinski definition) is 6. The van der Waals surface area contributed by atoms with Gasteiger partial charge in [0.25, 0.3) is 5.69 Å². The fraction of sp³-hybridized carbons (Fsp3) is 0.0769. The van der Waals surface area contributed by atoms with Gasteiger partial charge in [-0.1, -0.05) is 24.3 Å². The quantitative estimate of drug-likeness (QED) is 0.0943. The SMILES string of the molecule is Cc1cc2c3c(cc([N+](=O)[O-])c4c5ccc(C=O)c6c(C=O)ccc(c1c34)c65)C(=O)CC2=O. The van der Waals surface area contributed by atoms with Crippen LogP contribution >= 0.6 is 0 Å². The van der Waals surface area contributed by atoms with Gasteiger partial charge in [0.15, 0.2) is 24.1 Å². The number of nitro benzene ring substituents is 1. The predicted octanol–water partition coefficient (Wildman–Crippen LogP) is 5.35. The Kier molecular flexibility index (Phi) is 3.64. The molecule has 0 aliphatic heterocycles. The van der Waals surface area contributed by atoms with E-state index in [9.17, 15) is 29.3 Å². The second-order valence-corrected chi connectivity index (χ2v) is 8.35. The first-order chi connectivity index (χ1) is 15.9. The van der Waals surface area contributed by atoms with Gasteiger partial charge in [-0.05, 0) is 40.1 Å². The van der Waals surface area contributed by atoms with E-state index in [1.807, 2.05) is 6.92 Å². The molecular formula is C26H13NO6. The summed E-state index contributed by atoms with van der Waals surface area (Å²) >= 11 is 0. The largest absolute Gasteiger partial charge is 0.298 e. The molecule has 1 aliphatic carbocycles. The number of nitrogens with zero attached hydrogens (tertiary/aromatic N) is 1. The first-order valence-electron chi connectivity index (χ1n) is 10.2. The van der Waals surface area contributed by atoms with Crippen molar-refractivity contribution in [2.24, 2.45) is 0 Å². The third-order valence-electron chi connectivity index (χ3n) is 6.72. The number of hydrogen-bond donors (Lipinski definition) is 0. The van der Waals surface area contributed by atoms with Crippen LogP contribution in [-0.4, -0.2) is 29.1 Å². The van der Waals surface area contributed by atoms with Crippen molar-refractivity contribution in [1.29, 1.82) is 0 Å². The molecule has 33 heavy (non-hydrogen) atoms. The van der Waals surface area contributed by atoms with Crippen LogP contribution in [0.25, 0.3) is 43.1 Å². The van der Waals surface area contributed by atoms with Crippen molar-refractivity contribution >= 4 is 72.9 Å². The third kappa shape index (κ3) is 2.23. The maximum absolute atomic E-state index is 12.8. The number of aldehydes is 2. The molecule has 0 saturated carbocycles. The van der Waals surface area contributed by atoms with E-state index in [1.165, 1.54) is 12.1 Å². The molecule has 0 bridgehead atoms. The molecule has 5 aromatic carbocycles. The lowest BCUT2D eigenvalue weighted by molar-refractivity contribution is -0.383. The minimum absolute atomic E-state index is 0.171. The lowest BCUT2D eigenvalue weighted by atomic mass is 9.78. The van der Waals surface area contributed by atoms with Crippen molar-refractivity contribution in [2.45, 2.75) is 13.3 Å². The molecule has 7 nitrogen and oxygen atoms in total. The molecule has 0 amide bonds. The van der Waals surface area contributed by atoms with Crippen LogP contribution in [0.5, 0.6) is 0 Å². The van der Waals surface area contributed by atoms with E-state index in [1.54, 1.807) is 24.3 Å². The Morgan fingerprint density at radius 1 is 0.758 bits per heavy atom. The van der Waals surface area contributed by atoms with E-state index in [4.69, 9.17) is 0 Å². The topological polar surface area (TPSA) is 111 Å². The Labute approximate surface area is 185 Å². The number of fused-ring (bicyclic) bond motifs is 2.